The van der Waals surface area contributed by atoms with Gasteiger partial charge in [-0.2, -0.15) is 10.5 Å². The molecule has 9 heteroatoms. The molecule has 0 radical (unpaired) electrons. The predicted octanol–water partition coefficient (Wildman–Crippen LogP) is 4.68. The summed E-state index contributed by atoms with van der Waals surface area (Å²) in [6, 6.07) is 13.8. The number of nitrogens with zero attached hydrogens (tertiary/aromatic N) is 8. The van der Waals surface area contributed by atoms with Crippen LogP contribution in [0.25, 0.3) is 55.3 Å². The van der Waals surface area contributed by atoms with Crippen molar-refractivity contribution in [3.8, 4) is 23.3 Å². The number of hydrogen-bond donors (Lipinski definition) is 0. The van der Waals surface area contributed by atoms with Crippen molar-refractivity contribution in [1.29, 1.82) is 10.5 Å². The van der Waals surface area contributed by atoms with Gasteiger partial charge in [-0.15, -0.1) is 0 Å². The number of nitriles is 2. The molecule has 0 N–H and O–H groups in total. The van der Waals surface area contributed by atoms with E-state index in [0.717, 1.165) is 5.56 Å². The van der Waals surface area contributed by atoms with Gasteiger partial charge in [0.15, 0.2) is 0 Å². The monoisotopic (exact) mass is 536 g/mol. The third-order valence-electron chi connectivity index (χ3n) is 5.42. The SMILES string of the molecule is N#Cc1c(C#N)c(-c2ccccc2)c2nc3c4nccnc4c4nccnc4c3nc2c1I. The number of aromatic nitrogens is 6. The molecule has 33 heavy (non-hydrogen) atoms. The van der Waals surface area contributed by atoms with Gasteiger partial charge in [0.1, 0.15) is 50.8 Å². The summed E-state index contributed by atoms with van der Waals surface area (Å²) in [5.74, 6) is 0. The van der Waals surface area contributed by atoms with Crippen LogP contribution >= 0.6 is 22.6 Å². The summed E-state index contributed by atoms with van der Waals surface area (Å²) in [5.41, 5.74) is 6.20. The number of fused-ring (bicyclic) bond motifs is 7. The maximum atomic E-state index is 10.0. The fraction of sp³-hybridized carbons (Fsp3) is 0. The minimum atomic E-state index is 0.269. The zero-order valence-electron chi connectivity index (χ0n) is 16.7. The first kappa shape index (κ1) is 19.3. The van der Waals surface area contributed by atoms with Gasteiger partial charge in [-0.25, -0.2) is 9.97 Å². The highest BCUT2D eigenvalue weighted by Crippen LogP contribution is 2.38. The van der Waals surface area contributed by atoms with Crippen molar-refractivity contribution < 1.29 is 0 Å². The molecule has 6 rings (SSSR count). The Balaban J connectivity index is 1.93. The lowest BCUT2D eigenvalue weighted by molar-refractivity contribution is 1.25. The van der Waals surface area contributed by atoms with Crippen molar-refractivity contribution in [1.82, 2.24) is 29.9 Å². The molecule has 6 aromatic rings. The number of halogens is 1. The van der Waals surface area contributed by atoms with Gasteiger partial charge in [0.05, 0.1) is 20.2 Å². The van der Waals surface area contributed by atoms with Gasteiger partial charge in [-0.05, 0) is 28.2 Å². The molecular formula is C24H9IN8. The fourth-order valence-corrected chi connectivity index (χ4v) is 4.80. The topological polar surface area (TPSA) is 125 Å². The van der Waals surface area contributed by atoms with Gasteiger partial charge in [0, 0.05) is 30.4 Å². The van der Waals surface area contributed by atoms with Crippen LogP contribution in [0.4, 0.5) is 0 Å². The van der Waals surface area contributed by atoms with Gasteiger partial charge in [0.25, 0.3) is 0 Å². The van der Waals surface area contributed by atoms with Crippen molar-refractivity contribution in [3.05, 3.63) is 69.8 Å². The third kappa shape index (κ3) is 2.73. The molecular weight excluding hydrogens is 527 g/mol. The van der Waals surface area contributed by atoms with E-state index in [4.69, 9.17) is 9.97 Å². The van der Waals surface area contributed by atoms with Crippen LogP contribution in [0.3, 0.4) is 0 Å². The Kier molecular flexibility index (Phi) is 4.31. The first-order valence-corrected chi connectivity index (χ1v) is 10.9. The zero-order valence-corrected chi connectivity index (χ0v) is 18.8. The van der Waals surface area contributed by atoms with Crippen LogP contribution in [0.15, 0.2) is 55.1 Å². The first-order chi connectivity index (χ1) is 16.2. The molecule has 0 atom stereocenters. The van der Waals surface area contributed by atoms with Gasteiger partial charge in [-0.3, -0.25) is 19.9 Å². The maximum Gasteiger partial charge on any atom is 0.120 e. The van der Waals surface area contributed by atoms with E-state index in [-0.39, 0.29) is 11.1 Å². The molecule has 0 saturated carbocycles. The highest BCUT2D eigenvalue weighted by atomic mass is 127. The second-order valence-corrected chi connectivity index (χ2v) is 8.23. The third-order valence-corrected chi connectivity index (χ3v) is 6.47. The first-order valence-electron chi connectivity index (χ1n) is 9.79. The van der Waals surface area contributed by atoms with Crippen LogP contribution in [0.5, 0.6) is 0 Å². The summed E-state index contributed by atoms with van der Waals surface area (Å²) in [4.78, 5) is 27.8. The van der Waals surface area contributed by atoms with E-state index in [9.17, 15) is 10.5 Å². The maximum absolute atomic E-state index is 10.0. The van der Waals surface area contributed by atoms with Crippen LogP contribution < -0.4 is 0 Å². The van der Waals surface area contributed by atoms with E-state index in [1.165, 1.54) is 0 Å². The minimum Gasteiger partial charge on any atom is -0.251 e. The molecule has 0 aliphatic heterocycles. The van der Waals surface area contributed by atoms with Crippen LogP contribution in [0, 0.1) is 26.2 Å². The van der Waals surface area contributed by atoms with E-state index >= 15 is 0 Å². The van der Waals surface area contributed by atoms with E-state index in [2.05, 4.69) is 54.7 Å². The summed E-state index contributed by atoms with van der Waals surface area (Å²) in [6.07, 6.45) is 6.38. The van der Waals surface area contributed by atoms with Crippen LogP contribution in [0.2, 0.25) is 0 Å². The molecule has 0 fully saturated rings. The Morgan fingerprint density at radius 1 is 0.576 bits per heavy atom. The Bertz CT molecular complexity index is 1850. The van der Waals surface area contributed by atoms with E-state index in [0.29, 0.717) is 53.3 Å². The minimum absolute atomic E-state index is 0.269. The molecule has 3 heterocycles. The van der Waals surface area contributed by atoms with Crippen LogP contribution in [-0.2, 0) is 0 Å². The second kappa shape index (κ2) is 7.36. The smallest absolute Gasteiger partial charge is 0.120 e. The lowest BCUT2D eigenvalue weighted by Crippen LogP contribution is -2.02. The largest absolute Gasteiger partial charge is 0.251 e. The second-order valence-electron chi connectivity index (χ2n) is 7.15. The van der Waals surface area contributed by atoms with Crippen molar-refractivity contribution >= 4 is 66.7 Å². The zero-order chi connectivity index (χ0) is 22.5. The molecule has 0 bridgehead atoms. The summed E-state index contributed by atoms with van der Waals surface area (Å²) >= 11 is 2.06. The molecule has 3 aromatic carbocycles. The molecule has 152 valence electrons. The van der Waals surface area contributed by atoms with Gasteiger partial charge in [0.2, 0.25) is 0 Å². The number of benzene rings is 3. The molecule has 0 amide bonds. The standard InChI is InChI=1S/C24H9IN8/c25-16-14(11-27)13(10-26)15(12-4-2-1-3-5-12)17-18(16)33-24-22-20(29-7-9-31-22)19-21(23(24)32-17)30-8-6-28-19/h1-9H. The molecule has 0 aliphatic carbocycles. The highest BCUT2D eigenvalue weighted by molar-refractivity contribution is 14.1. The summed E-state index contributed by atoms with van der Waals surface area (Å²) in [7, 11) is 0. The van der Waals surface area contributed by atoms with Crippen molar-refractivity contribution in [3.63, 3.8) is 0 Å². The Morgan fingerprint density at radius 3 is 1.58 bits per heavy atom. The van der Waals surface area contributed by atoms with Gasteiger partial charge < -0.3 is 0 Å². The number of hydrogen-bond acceptors (Lipinski definition) is 8. The van der Waals surface area contributed by atoms with E-state index < -0.39 is 0 Å². The summed E-state index contributed by atoms with van der Waals surface area (Å²) in [6.45, 7) is 0. The molecule has 8 nitrogen and oxygen atoms in total. The molecule has 0 spiro atoms. The van der Waals surface area contributed by atoms with Gasteiger partial charge >= 0.3 is 0 Å². The average molecular weight is 536 g/mol. The average Bonchev–Trinajstić information content (AvgIpc) is 2.88. The van der Waals surface area contributed by atoms with Crippen molar-refractivity contribution in [2.75, 3.05) is 0 Å². The summed E-state index contributed by atoms with van der Waals surface area (Å²) in [5, 5.41) is 19.9. The Hall–Kier alpha value is -4.35. The molecule has 3 aromatic heterocycles. The molecule has 0 unspecified atom stereocenters. The van der Waals surface area contributed by atoms with Crippen LogP contribution in [-0.4, -0.2) is 29.9 Å². The van der Waals surface area contributed by atoms with E-state index in [1.54, 1.807) is 24.8 Å². The Labute approximate surface area is 199 Å². The van der Waals surface area contributed by atoms with Crippen molar-refractivity contribution in [2.24, 2.45) is 0 Å². The number of rotatable bonds is 1. The summed E-state index contributed by atoms with van der Waals surface area (Å²) < 4.78 is 0.562. The van der Waals surface area contributed by atoms with Crippen molar-refractivity contribution in [2.45, 2.75) is 0 Å². The quantitative estimate of drug-likeness (QED) is 0.169. The normalized spacial score (nSPS) is 11.1. The lowest BCUT2D eigenvalue weighted by atomic mass is 9.94. The molecule has 0 saturated heterocycles. The Morgan fingerprint density at radius 2 is 1.06 bits per heavy atom. The van der Waals surface area contributed by atoms with Crippen LogP contribution in [0.1, 0.15) is 11.1 Å². The van der Waals surface area contributed by atoms with E-state index in [1.807, 2.05) is 30.3 Å². The predicted molar refractivity (Wildman–Crippen MR) is 131 cm³/mol. The lowest BCUT2D eigenvalue weighted by Gasteiger charge is -2.14. The highest BCUT2D eigenvalue weighted by Gasteiger charge is 2.24. The van der Waals surface area contributed by atoms with Gasteiger partial charge in [-0.1, -0.05) is 30.3 Å². The molecule has 0 aliphatic rings. The fourth-order valence-electron chi connectivity index (χ4n) is 4.04.